The number of sulfonamides is 1. The van der Waals surface area contributed by atoms with Crippen LogP contribution >= 0.6 is 0 Å². The summed E-state index contributed by atoms with van der Waals surface area (Å²) in [5.74, 6) is -2.40. The van der Waals surface area contributed by atoms with Crippen molar-refractivity contribution in [2.75, 3.05) is 38.0 Å². The number of carboxylic acid groups (broad SMARTS) is 2. The minimum Gasteiger partial charge on any atom is -0.478 e. The zero-order chi connectivity index (χ0) is 29.0. The Labute approximate surface area is 232 Å². The van der Waals surface area contributed by atoms with Crippen molar-refractivity contribution in [3.63, 3.8) is 0 Å². The fourth-order valence-corrected chi connectivity index (χ4v) is 5.64. The summed E-state index contributed by atoms with van der Waals surface area (Å²) in [6, 6.07) is 13.4. The van der Waals surface area contributed by atoms with Crippen molar-refractivity contribution in [3.05, 3.63) is 78.9 Å². The molecule has 1 aromatic heterocycles. The van der Waals surface area contributed by atoms with Crippen LogP contribution in [0.4, 0.5) is 10.1 Å². The lowest BCUT2D eigenvalue weighted by molar-refractivity contribution is -0.134. The average Bonchev–Trinajstić information content (AvgIpc) is 2.95. The molecule has 1 aliphatic heterocycles. The number of hydrogen-bond acceptors (Lipinski definition) is 7. The Morgan fingerprint density at radius 1 is 1.02 bits per heavy atom. The average molecular weight is 573 g/mol. The van der Waals surface area contributed by atoms with Crippen LogP contribution in [-0.4, -0.2) is 73.2 Å². The van der Waals surface area contributed by atoms with Gasteiger partial charge in [-0.2, -0.15) is 0 Å². The number of hydrogen-bond donors (Lipinski definition) is 4. The van der Waals surface area contributed by atoms with Gasteiger partial charge in [0.25, 0.3) is 0 Å². The van der Waals surface area contributed by atoms with Crippen LogP contribution in [-0.2, 0) is 19.6 Å². The second kappa shape index (κ2) is 15.1. The third kappa shape index (κ3) is 10.0. The van der Waals surface area contributed by atoms with E-state index < -0.39 is 22.0 Å². The topological polar surface area (TPSA) is 149 Å². The molecule has 0 aliphatic carbocycles. The van der Waals surface area contributed by atoms with Crippen LogP contribution in [0.15, 0.2) is 78.0 Å². The molecule has 4 rings (SSSR count). The van der Waals surface area contributed by atoms with Crippen LogP contribution in [0, 0.1) is 11.7 Å². The van der Waals surface area contributed by atoms with Crippen molar-refractivity contribution >= 4 is 38.4 Å². The molecular formula is C28H33FN4O6S. The Bertz CT molecular complexity index is 1390. The van der Waals surface area contributed by atoms with E-state index in [2.05, 4.69) is 19.9 Å². The predicted octanol–water partition coefficient (Wildman–Crippen LogP) is 3.58. The summed E-state index contributed by atoms with van der Waals surface area (Å²) in [7, 11) is -3.57. The molecule has 214 valence electrons. The summed E-state index contributed by atoms with van der Waals surface area (Å²) in [5.41, 5.74) is 0.930. The van der Waals surface area contributed by atoms with Gasteiger partial charge < -0.3 is 20.4 Å². The molecule has 4 N–H and O–H groups in total. The quantitative estimate of drug-likeness (QED) is 0.200. The minimum absolute atomic E-state index is 0.227. The number of carbonyl (C=O) groups is 2. The molecule has 0 bridgehead atoms. The molecule has 12 heteroatoms. The maximum atomic E-state index is 12.9. The Hall–Kier alpha value is -3.87. The molecule has 1 aliphatic rings. The molecule has 40 heavy (non-hydrogen) atoms. The zero-order valence-corrected chi connectivity index (χ0v) is 22.7. The summed E-state index contributed by atoms with van der Waals surface area (Å²) >= 11 is 0. The lowest BCUT2D eigenvalue weighted by Crippen LogP contribution is -2.39. The van der Waals surface area contributed by atoms with Gasteiger partial charge in [0, 0.05) is 54.1 Å². The van der Waals surface area contributed by atoms with E-state index in [1.807, 2.05) is 6.07 Å². The van der Waals surface area contributed by atoms with E-state index in [1.54, 1.807) is 42.7 Å². The van der Waals surface area contributed by atoms with Crippen molar-refractivity contribution in [1.82, 2.24) is 14.6 Å². The second-order valence-corrected chi connectivity index (χ2v) is 11.0. The van der Waals surface area contributed by atoms with E-state index in [0.29, 0.717) is 34.9 Å². The van der Waals surface area contributed by atoms with Gasteiger partial charge in [-0.1, -0.05) is 12.1 Å². The maximum Gasteiger partial charge on any atom is 0.328 e. The molecule has 1 saturated heterocycles. The number of carboxylic acids is 2. The number of aliphatic carboxylic acids is 2. The number of aromatic nitrogens is 1. The Balaban J connectivity index is 0.000000482. The number of nitrogens with zero attached hydrogens (tertiary/aromatic N) is 2. The molecule has 0 saturated carbocycles. The zero-order valence-electron chi connectivity index (χ0n) is 21.9. The molecule has 0 unspecified atom stereocenters. The first-order valence-electron chi connectivity index (χ1n) is 12.8. The maximum absolute atomic E-state index is 12.9. The first kappa shape index (κ1) is 30.7. The molecule has 1 fully saturated rings. The first-order chi connectivity index (χ1) is 19.1. The number of benzene rings is 2. The van der Waals surface area contributed by atoms with Crippen LogP contribution in [0.25, 0.3) is 10.8 Å². The lowest BCUT2D eigenvalue weighted by atomic mass is 9.97. The highest BCUT2D eigenvalue weighted by molar-refractivity contribution is 7.89. The molecule has 10 nitrogen and oxygen atoms in total. The number of fused-ring (bicyclic) bond motifs is 1. The third-order valence-electron chi connectivity index (χ3n) is 6.39. The fraction of sp³-hybridized carbons (Fsp3) is 0.321. The highest BCUT2D eigenvalue weighted by atomic mass is 32.2. The van der Waals surface area contributed by atoms with E-state index >= 15 is 0 Å². The number of rotatable bonds is 11. The van der Waals surface area contributed by atoms with Crippen LogP contribution in [0.3, 0.4) is 0 Å². The van der Waals surface area contributed by atoms with Crippen molar-refractivity contribution in [1.29, 1.82) is 0 Å². The number of halogens is 1. The largest absolute Gasteiger partial charge is 0.478 e. The van der Waals surface area contributed by atoms with Gasteiger partial charge in [0.2, 0.25) is 10.0 Å². The van der Waals surface area contributed by atoms with Gasteiger partial charge in [-0.15, -0.1) is 0 Å². The summed E-state index contributed by atoms with van der Waals surface area (Å²) in [4.78, 5) is 25.9. The number of pyridine rings is 1. The van der Waals surface area contributed by atoms with Gasteiger partial charge in [-0.3, -0.25) is 4.98 Å². The van der Waals surface area contributed by atoms with Crippen LogP contribution in [0.5, 0.6) is 0 Å². The van der Waals surface area contributed by atoms with E-state index in [0.717, 1.165) is 56.5 Å². The van der Waals surface area contributed by atoms with Crippen molar-refractivity contribution in [3.8, 4) is 0 Å². The van der Waals surface area contributed by atoms with Gasteiger partial charge in [0.15, 0.2) is 0 Å². The molecule has 2 heterocycles. The number of likely N-dealkylation sites (tertiary alicyclic amines) is 1. The van der Waals surface area contributed by atoms with Crippen LogP contribution in [0.2, 0.25) is 0 Å². The molecule has 2 aromatic carbocycles. The minimum atomic E-state index is -3.57. The molecule has 0 spiro atoms. The van der Waals surface area contributed by atoms with Crippen molar-refractivity contribution in [2.45, 2.75) is 24.2 Å². The van der Waals surface area contributed by atoms with Crippen LogP contribution in [0.1, 0.15) is 19.3 Å². The molecule has 0 atom stereocenters. The van der Waals surface area contributed by atoms with E-state index in [-0.39, 0.29) is 5.82 Å². The van der Waals surface area contributed by atoms with Gasteiger partial charge in [0.05, 0.1) is 4.90 Å². The highest BCUT2D eigenvalue weighted by Gasteiger charge is 2.22. The van der Waals surface area contributed by atoms with E-state index in [1.165, 1.54) is 12.1 Å². The second-order valence-electron chi connectivity index (χ2n) is 9.29. The monoisotopic (exact) mass is 572 g/mol. The van der Waals surface area contributed by atoms with Crippen LogP contribution < -0.4 is 10.0 Å². The molecule has 0 radical (unpaired) electrons. The normalized spacial score (nSPS) is 14.5. The highest BCUT2D eigenvalue weighted by Crippen LogP contribution is 2.23. The SMILES string of the molecule is O=C(O)C=CC(=O)O.O=S(=O)(NCC1CCN(CCCNc2ccc(F)cc2)CC1)c1cccc2cnccc12. The Kier molecular flexibility index (Phi) is 11.5. The summed E-state index contributed by atoms with van der Waals surface area (Å²) in [6.07, 6.45) is 7.38. The standard InChI is InChI=1S/C24H29FN4O2S.C4H4O4/c25-21-5-7-22(8-6-21)27-12-2-14-29-15-10-19(11-16-29)17-28-32(30,31)24-4-1-3-20-18-26-13-9-23(20)24;5-3(6)1-2-4(7)8/h1,3-9,13,18-19,27-28H,2,10-12,14-17H2;1-2H,(H,5,6)(H,7,8). The van der Waals surface area contributed by atoms with Crippen molar-refractivity contribution < 1.29 is 32.6 Å². The Morgan fingerprint density at radius 3 is 2.35 bits per heavy atom. The molecular weight excluding hydrogens is 539 g/mol. The molecule has 3 aromatic rings. The van der Waals surface area contributed by atoms with Gasteiger partial charge in [-0.25, -0.2) is 27.1 Å². The Morgan fingerprint density at radius 2 is 1.70 bits per heavy atom. The van der Waals surface area contributed by atoms with Gasteiger partial charge in [-0.05, 0) is 81.2 Å². The fourth-order valence-electron chi connectivity index (χ4n) is 4.29. The van der Waals surface area contributed by atoms with Crippen molar-refractivity contribution in [2.24, 2.45) is 5.92 Å². The summed E-state index contributed by atoms with van der Waals surface area (Å²) in [6.45, 7) is 4.25. The summed E-state index contributed by atoms with van der Waals surface area (Å²) < 4.78 is 41.6. The number of anilines is 1. The third-order valence-corrected chi connectivity index (χ3v) is 7.87. The van der Waals surface area contributed by atoms with Gasteiger partial charge in [0.1, 0.15) is 5.82 Å². The molecule has 0 amide bonds. The van der Waals surface area contributed by atoms with E-state index in [4.69, 9.17) is 10.2 Å². The van der Waals surface area contributed by atoms with Gasteiger partial charge >= 0.3 is 11.9 Å². The number of piperidine rings is 1. The van der Waals surface area contributed by atoms with E-state index in [9.17, 15) is 22.4 Å². The predicted molar refractivity (Wildman–Crippen MR) is 150 cm³/mol. The summed E-state index contributed by atoms with van der Waals surface area (Å²) in [5, 5.41) is 20.4. The first-order valence-corrected chi connectivity index (χ1v) is 14.3. The smallest absolute Gasteiger partial charge is 0.328 e. The lowest BCUT2D eigenvalue weighted by Gasteiger charge is -2.32. The number of nitrogens with one attached hydrogen (secondary N) is 2.